The Morgan fingerprint density at radius 2 is 1.66 bits per heavy atom. The van der Waals surface area contributed by atoms with E-state index in [4.69, 9.17) is 24.3 Å². The van der Waals surface area contributed by atoms with Crippen LogP contribution in [-0.2, 0) is 79.4 Å². The van der Waals surface area contributed by atoms with Crippen LogP contribution in [0.25, 0.3) is 22.3 Å². The largest absolute Gasteiger partial charge is 0.458 e. The number of aromatic nitrogens is 2. The number of nitrogens with one attached hydrogen (secondary N) is 5. The highest BCUT2D eigenvalue weighted by Crippen LogP contribution is 2.49. The number of ether oxygens (including phenoxy) is 3. The molecule has 7 N–H and O–H groups in total. The van der Waals surface area contributed by atoms with Crippen LogP contribution in [0.2, 0.25) is 0 Å². The maximum atomic E-state index is 15.5. The van der Waals surface area contributed by atoms with Gasteiger partial charge >= 0.3 is 5.97 Å². The van der Waals surface area contributed by atoms with Crippen LogP contribution in [0.3, 0.4) is 0 Å². The average molecular weight is 1010 g/mol. The van der Waals surface area contributed by atoms with E-state index in [1.807, 2.05) is 0 Å². The number of likely N-dealkylation sites (N-methyl/N-ethyl adjacent to an activating group) is 1. The molecular formula is C51H59FN8O13. The first-order valence-electron chi connectivity index (χ1n) is 24.3. The molecule has 4 aromatic rings. The lowest BCUT2D eigenvalue weighted by molar-refractivity contribution is -0.172. The fourth-order valence-corrected chi connectivity index (χ4v) is 9.78. The number of cyclic esters (lactones) is 1. The molecule has 388 valence electrons. The van der Waals surface area contributed by atoms with Crippen LogP contribution in [0.1, 0.15) is 90.9 Å². The van der Waals surface area contributed by atoms with Crippen molar-refractivity contribution in [2.24, 2.45) is 0 Å². The molecule has 21 nitrogen and oxygen atoms in total. The molecule has 1 unspecified atom stereocenters. The van der Waals surface area contributed by atoms with Crippen molar-refractivity contribution in [2.75, 3.05) is 46.6 Å². The van der Waals surface area contributed by atoms with E-state index in [-0.39, 0.29) is 69.1 Å². The summed E-state index contributed by atoms with van der Waals surface area (Å²) in [5.41, 5.74) is 0.810. The lowest BCUT2D eigenvalue weighted by Gasteiger charge is -2.36. The van der Waals surface area contributed by atoms with E-state index in [0.717, 1.165) is 5.56 Å². The second kappa shape index (κ2) is 21.5. The Hall–Kier alpha value is -7.14. The number of pyridine rings is 2. The number of carbonyl (C=O) groups excluding carboxylic acids is 7. The molecule has 1 fully saturated rings. The Balaban J connectivity index is 0.894. The smallest absolute Gasteiger partial charge is 0.343 e. The number of fused-ring (bicyclic) bond motifs is 5. The topological polar surface area (TPSA) is 286 Å². The summed E-state index contributed by atoms with van der Waals surface area (Å²) >= 11 is 0. The molecule has 22 heteroatoms. The van der Waals surface area contributed by atoms with E-state index in [9.17, 15) is 43.5 Å². The molecule has 2 aromatic heterocycles. The average Bonchev–Trinajstić information content (AvgIpc) is 4.08. The molecule has 6 amide bonds. The van der Waals surface area contributed by atoms with Crippen molar-refractivity contribution >= 4 is 52.3 Å². The maximum absolute atomic E-state index is 15.5. The Bertz CT molecular complexity index is 2940. The quantitative estimate of drug-likeness (QED) is 0.0389. The molecule has 2 aromatic carbocycles. The number of aliphatic hydroxyl groups excluding tert-OH is 1. The van der Waals surface area contributed by atoms with E-state index in [1.165, 1.54) is 10.6 Å². The normalized spacial score (nSPS) is 18.5. The molecule has 0 bridgehead atoms. The van der Waals surface area contributed by atoms with Gasteiger partial charge in [0.05, 0.1) is 60.8 Å². The van der Waals surface area contributed by atoms with E-state index >= 15 is 4.39 Å². The van der Waals surface area contributed by atoms with Crippen LogP contribution in [-0.4, -0.2) is 130 Å². The first-order chi connectivity index (χ1) is 34.9. The second-order valence-electron chi connectivity index (χ2n) is 18.9. The molecule has 8 rings (SSSR count). The summed E-state index contributed by atoms with van der Waals surface area (Å²) in [4.78, 5) is 112. The number of esters is 1. The van der Waals surface area contributed by atoms with Gasteiger partial charge in [-0.15, -0.1) is 0 Å². The number of aliphatic hydroxyl groups is 2. The molecule has 0 radical (unpaired) electrons. The zero-order valence-corrected chi connectivity index (χ0v) is 41.0. The minimum absolute atomic E-state index is 0.0442. The van der Waals surface area contributed by atoms with Crippen LogP contribution >= 0.6 is 0 Å². The van der Waals surface area contributed by atoms with E-state index in [2.05, 4.69) is 26.6 Å². The van der Waals surface area contributed by atoms with Gasteiger partial charge in [0.1, 0.15) is 37.4 Å². The lowest BCUT2D eigenvalue weighted by Crippen LogP contribution is -2.52. The molecule has 4 heterocycles. The molecule has 4 atom stereocenters. The zero-order chi connectivity index (χ0) is 52.4. The van der Waals surface area contributed by atoms with Gasteiger partial charge in [-0.05, 0) is 80.7 Å². The first-order valence-corrected chi connectivity index (χ1v) is 24.3. The maximum Gasteiger partial charge on any atom is 0.343 e. The number of benzene rings is 2. The third-order valence-electron chi connectivity index (χ3n) is 14.1. The number of halogens is 1. The molecule has 73 heavy (non-hydrogen) atoms. The molecule has 1 saturated carbocycles. The fourth-order valence-electron chi connectivity index (χ4n) is 9.78. The molecule has 2 aliphatic heterocycles. The highest BCUT2D eigenvalue weighted by atomic mass is 19.1. The monoisotopic (exact) mass is 1010 g/mol. The molecule has 4 aliphatic rings. The third kappa shape index (κ3) is 10.7. The van der Waals surface area contributed by atoms with Gasteiger partial charge in [-0.1, -0.05) is 37.3 Å². The van der Waals surface area contributed by atoms with Crippen molar-refractivity contribution in [3.05, 3.63) is 97.6 Å². The standard InChI is InChI=1S/C51H59FN8O13/c1-5-51(70)33-18-38-45-31(23-60(38)47(67)32(33)24-72-49(51)69)44-37(12-11-30-28(3)34(52)19-35(58-45)43(30)44)59(4)48(68)50(14-15-50)73-26-56-40(63)21-55-46(66)36(17-29-9-7-6-8-10-29)57-41(64)22-53-39(62)20-54-42(65)25-71-27(2)13-16-61/h6-10,18-19,27,36-37,61,70H,5,11-17,20-26H2,1-4H3,(H,53,62)(H,54,65)(H,55,66)(H,56,63)(H,57,64)/t27?,36-,37-,51-/m0/s1. The number of hydrogen-bond acceptors (Lipinski definition) is 14. The highest BCUT2D eigenvalue weighted by molar-refractivity contribution is 5.96. The van der Waals surface area contributed by atoms with Crippen LogP contribution < -0.4 is 32.1 Å². The fraction of sp³-hybridized carbons (Fsp3) is 0.471. The van der Waals surface area contributed by atoms with Crippen LogP contribution in [0.15, 0.2) is 47.3 Å². The van der Waals surface area contributed by atoms with Crippen molar-refractivity contribution in [1.82, 2.24) is 41.0 Å². The summed E-state index contributed by atoms with van der Waals surface area (Å²) in [6.07, 6.45) is 1.51. The van der Waals surface area contributed by atoms with Gasteiger partial charge in [-0.25, -0.2) is 14.2 Å². The summed E-state index contributed by atoms with van der Waals surface area (Å²) in [6, 6.07) is 10.0. The number of nitrogens with zero attached hydrogens (tertiary/aromatic N) is 3. The van der Waals surface area contributed by atoms with Crippen molar-refractivity contribution in [3.8, 4) is 11.4 Å². The van der Waals surface area contributed by atoms with Gasteiger partial charge in [0.2, 0.25) is 29.5 Å². The second-order valence-corrected chi connectivity index (χ2v) is 18.9. The third-order valence-corrected chi connectivity index (χ3v) is 14.1. The first kappa shape index (κ1) is 52.2. The van der Waals surface area contributed by atoms with Crippen molar-refractivity contribution in [3.63, 3.8) is 0 Å². The van der Waals surface area contributed by atoms with Gasteiger partial charge in [-0.3, -0.25) is 33.6 Å². The van der Waals surface area contributed by atoms with Crippen LogP contribution in [0.5, 0.6) is 0 Å². The van der Waals surface area contributed by atoms with Crippen molar-refractivity contribution in [1.29, 1.82) is 0 Å². The Labute approximate surface area is 418 Å². The number of rotatable bonds is 21. The Morgan fingerprint density at radius 1 is 0.959 bits per heavy atom. The SMILES string of the molecule is CC[C@@]1(O)C(=O)OCc2c1cc1n(c2=O)Cc2c-1nc1cc(F)c(C)c3c1c2[C@@H](N(C)C(=O)C1(OCNC(=O)CNC(=O)[C@H](Cc2ccccc2)NC(=O)CNC(=O)CNC(=O)COC(C)CCO)CC1)CC3. The van der Waals surface area contributed by atoms with Crippen molar-refractivity contribution in [2.45, 2.75) is 108 Å². The minimum atomic E-state index is -2.05. The lowest BCUT2D eigenvalue weighted by atomic mass is 9.81. The van der Waals surface area contributed by atoms with Gasteiger partial charge in [0.25, 0.3) is 11.5 Å². The summed E-state index contributed by atoms with van der Waals surface area (Å²) in [5, 5.41) is 33.5. The number of amides is 6. The van der Waals surface area contributed by atoms with Crippen LogP contribution in [0, 0.1) is 12.7 Å². The van der Waals surface area contributed by atoms with Gasteiger partial charge in [0, 0.05) is 42.7 Å². The number of carbonyl (C=O) groups is 7. The zero-order valence-electron chi connectivity index (χ0n) is 41.0. The summed E-state index contributed by atoms with van der Waals surface area (Å²) in [7, 11) is 1.65. The van der Waals surface area contributed by atoms with Gasteiger partial charge in [-0.2, -0.15) is 0 Å². The highest BCUT2D eigenvalue weighted by Gasteiger charge is 2.54. The predicted molar refractivity (Wildman–Crippen MR) is 257 cm³/mol. The van der Waals surface area contributed by atoms with Gasteiger partial charge in [0.15, 0.2) is 5.60 Å². The van der Waals surface area contributed by atoms with E-state index in [1.54, 1.807) is 69.1 Å². The minimum Gasteiger partial charge on any atom is -0.458 e. The number of hydrogen-bond donors (Lipinski definition) is 7. The molecular weight excluding hydrogens is 952 g/mol. The van der Waals surface area contributed by atoms with E-state index < -0.39 is 89.8 Å². The Kier molecular flexibility index (Phi) is 15.4. The predicted octanol–water partition coefficient (Wildman–Crippen LogP) is 0.459. The summed E-state index contributed by atoms with van der Waals surface area (Å²) < 4.78 is 33.6. The summed E-state index contributed by atoms with van der Waals surface area (Å²) in [5.74, 6) is -4.96. The molecule has 2 aliphatic carbocycles. The molecule has 0 spiro atoms. The Morgan fingerprint density at radius 3 is 2.37 bits per heavy atom. The van der Waals surface area contributed by atoms with E-state index in [0.29, 0.717) is 76.6 Å². The van der Waals surface area contributed by atoms with Gasteiger partial charge < -0.3 is 60.5 Å². The molecule has 0 saturated heterocycles. The number of aryl methyl sites for hydroxylation is 1. The summed E-state index contributed by atoms with van der Waals surface area (Å²) in [6.45, 7) is 2.48. The van der Waals surface area contributed by atoms with Crippen LogP contribution in [0.4, 0.5) is 4.39 Å². The van der Waals surface area contributed by atoms with Crippen molar-refractivity contribution < 1.29 is 62.4 Å².